The predicted octanol–water partition coefficient (Wildman–Crippen LogP) is 4.62. The lowest BCUT2D eigenvalue weighted by molar-refractivity contribution is 0.0990. The third-order valence-corrected chi connectivity index (χ3v) is 10.2. The number of benzene rings is 1. The van der Waals surface area contributed by atoms with Gasteiger partial charge in [0, 0.05) is 12.6 Å². The summed E-state index contributed by atoms with van der Waals surface area (Å²) in [6.07, 6.45) is 1.95. The Bertz CT molecular complexity index is 1290. The fraction of sp³-hybridized carbons (Fsp3) is 0.423. The second-order valence-electron chi connectivity index (χ2n) is 10.0. The average Bonchev–Trinajstić information content (AvgIpc) is 3.46. The second kappa shape index (κ2) is 11.6. The lowest BCUT2D eigenvalue weighted by Crippen LogP contribution is -2.37. The smallest absolute Gasteiger partial charge is 0.291 e. The number of nitrogens with one attached hydrogen (secondary N) is 2. The van der Waals surface area contributed by atoms with Gasteiger partial charge in [-0.1, -0.05) is 29.9 Å². The van der Waals surface area contributed by atoms with Crippen LogP contribution in [0.3, 0.4) is 0 Å². The Labute approximate surface area is 228 Å². The number of ether oxygens (including phenoxy) is 3. The lowest BCUT2D eigenvalue weighted by Gasteiger charge is -2.17. The number of furan rings is 1. The van der Waals surface area contributed by atoms with E-state index in [2.05, 4.69) is 38.6 Å². The molecule has 3 aromatic rings. The molecule has 0 unspecified atom stereocenters. The summed E-state index contributed by atoms with van der Waals surface area (Å²) in [4.78, 5) is 23.8. The number of amides is 1. The van der Waals surface area contributed by atoms with E-state index in [1.165, 1.54) is 37.1 Å². The first-order chi connectivity index (χ1) is 18.1. The highest BCUT2D eigenvalue weighted by Crippen LogP contribution is 2.36. The highest BCUT2D eigenvalue weighted by molar-refractivity contribution is 6.91. The minimum atomic E-state index is -1.50. The molecule has 0 saturated heterocycles. The number of hydrogen-bond acceptors (Lipinski definition) is 9. The summed E-state index contributed by atoms with van der Waals surface area (Å²) in [6, 6.07) is 8.28. The van der Waals surface area contributed by atoms with Gasteiger partial charge in [0.05, 0.1) is 27.3 Å². The van der Waals surface area contributed by atoms with Crippen molar-refractivity contribution in [2.75, 3.05) is 52.0 Å². The van der Waals surface area contributed by atoms with Crippen LogP contribution in [0.15, 0.2) is 28.7 Å². The molecule has 0 spiro atoms. The SMILES string of the molecule is COc1nc(NCCCN(C)C)nc(OC)c1NC(=O)c1ccc(Oc2cc3c(cc2Cl)CC[Si]3(C)C)o1. The normalized spacial score (nSPS) is 13.8. The molecule has 0 radical (unpaired) electrons. The monoisotopic (exact) mass is 559 g/mol. The van der Waals surface area contributed by atoms with Crippen LogP contribution in [0.1, 0.15) is 22.5 Å². The number of aryl methyl sites for hydroxylation is 1. The van der Waals surface area contributed by atoms with Gasteiger partial charge in [0.15, 0.2) is 11.4 Å². The van der Waals surface area contributed by atoms with E-state index in [-0.39, 0.29) is 29.2 Å². The topological polar surface area (TPSA) is 111 Å². The van der Waals surface area contributed by atoms with Gasteiger partial charge in [-0.15, -0.1) is 0 Å². The maximum absolute atomic E-state index is 13.0. The molecule has 0 saturated carbocycles. The van der Waals surface area contributed by atoms with Crippen LogP contribution in [0, 0.1) is 0 Å². The minimum Gasteiger partial charge on any atom is -0.479 e. The van der Waals surface area contributed by atoms with E-state index in [4.69, 9.17) is 30.2 Å². The van der Waals surface area contributed by atoms with Gasteiger partial charge in [0.2, 0.25) is 17.7 Å². The van der Waals surface area contributed by atoms with Crippen LogP contribution in [0.2, 0.25) is 24.2 Å². The van der Waals surface area contributed by atoms with Crippen LogP contribution >= 0.6 is 11.6 Å². The third-order valence-electron chi connectivity index (χ3n) is 6.45. The second-order valence-corrected chi connectivity index (χ2v) is 15.2. The molecule has 1 aliphatic heterocycles. The quantitative estimate of drug-likeness (QED) is 0.257. The van der Waals surface area contributed by atoms with Crippen molar-refractivity contribution in [1.82, 2.24) is 14.9 Å². The number of aromatic nitrogens is 2. The number of hydrogen-bond donors (Lipinski definition) is 2. The van der Waals surface area contributed by atoms with E-state index < -0.39 is 14.0 Å². The zero-order valence-corrected chi connectivity index (χ0v) is 24.4. The molecular weight excluding hydrogens is 526 g/mol. The van der Waals surface area contributed by atoms with Crippen molar-refractivity contribution >= 4 is 42.4 Å². The summed E-state index contributed by atoms with van der Waals surface area (Å²) in [5, 5.41) is 7.73. The number of fused-ring (bicyclic) bond motifs is 1. The Morgan fingerprint density at radius 1 is 1.16 bits per heavy atom. The van der Waals surface area contributed by atoms with Gasteiger partial charge in [-0.25, -0.2) is 0 Å². The number of nitrogens with zero attached hydrogens (tertiary/aromatic N) is 3. The van der Waals surface area contributed by atoms with E-state index in [0.717, 1.165) is 19.4 Å². The molecule has 1 amide bonds. The maximum atomic E-state index is 13.0. The molecule has 12 heteroatoms. The zero-order chi connectivity index (χ0) is 27.4. The van der Waals surface area contributed by atoms with E-state index in [9.17, 15) is 4.79 Å². The van der Waals surface area contributed by atoms with Crippen molar-refractivity contribution in [3.05, 3.63) is 40.6 Å². The number of halogens is 1. The molecule has 2 N–H and O–H groups in total. The summed E-state index contributed by atoms with van der Waals surface area (Å²) in [6.45, 7) is 6.26. The number of rotatable bonds is 11. The highest BCUT2D eigenvalue weighted by Gasteiger charge is 2.33. The van der Waals surface area contributed by atoms with Crippen molar-refractivity contribution in [3.63, 3.8) is 0 Å². The Balaban J connectivity index is 1.47. The van der Waals surface area contributed by atoms with Gasteiger partial charge in [-0.2, -0.15) is 9.97 Å². The van der Waals surface area contributed by atoms with Crippen LogP contribution in [0.4, 0.5) is 11.6 Å². The van der Waals surface area contributed by atoms with Crippen molar-refractivity contribution in [3.8, 4) is 23.5 Å². The van der Waals surface area contributed by atoms with Gasteiger partial charge < -0.3 is 34.2 Å². The zero-order valence-electron chi connectivity index (χ0n) is 22.6. The molecular formula is C26H34ClN5O5Si. The Morgan fingerprint density at radius 2 is 1.87 bits per heavy atom. The van der Waals surface area contributed by atoms with Crippen molar-refractivity contribution < 1.29 is 23.4 Å². The van der Waals surface area contributed by atoms with Crippen LogP contribution in [-0.4, -0.2) is 70.3 Å². The molecule has 0 atom stereocenters. The molecule has 4 rings (SSSR count). The molecule has 1 aliphatic rings. The molecule has 1 aromatic carbocycles. The van der Waals surface area contributed by atoms with Gasteiger partial charge in [-0.3, -0.25) is 4.79 Å². The van der Waals surface area contributed by atoms with Gasteiger partial charge in [0.25, 0.3) is 11.9 Å². The summed E-state index contributed by atoms with van der Waals surface area (Å²) in [5.74, 6) is 0.797. The molecule has 38 heavy (non-hydrogen) atoms. The first-order valence-electron chi connectivity index (χ1n) is 12.4. The largest absolute Gasteiger partial charge is 0.479 e. The Kier molecular flexibility index (Phi) is 8.49. The van der Waals surface area contributed by atoms with Crippen LogP contribution in [-0.2, 0) is 6.42 Å². The molecule has 10 nitrogen and oxygen atoms in total. The lowest BCUT2D eigenvalue weighted by atomic mass is 10.2. The Hall–Kier alpha value is -3.28. The molecule has 3 heterocycles. The van der Waals surface area contributed by atoms with Crippen LogP contribution < -0.4 is 30.0 Å². The number of anilines is 2. The summed E-state index contributed by atoms with van der Waals surface area (Å²) < 4.78 is 22.4. The van der Waals surface area contributed by atoms with Crippen LogP contribution in [0.25, 0.3) is 0 Å². The van der Waals surface area contributed by atoms with E-state index >= 15 is 0 Å². The number of carbonyl (C=O) groups is 1. The predicted molar refractivity (Wildman–Crippen MR) is 151 cm³/mol. The first-order valence-corrected chi connectivity index (χ1v) is 16.0. The first kappa shape index (κ1) is 27.7. The summed E-state index contributed by atoms with van der Waals surface area (Å²) >= 11 is 6.48. The minimum absolute atomic E-state index is 0.0296. The number of methoxy groups -OCH3 is 2. The van der Waals surface area contributed by atoms with Crippen molar-refractivity contribution in [2.45, 2.75) is 32.0 Å². The van der Waals surface area contributed by atoms with Gasteiger partial charge >= 0.3 is 0 Å². The average molecular weight is 560 g/mol. The number of carbonyl (C=O) groups excluding carboxylic acids is 1. The van der Waals surface area contributed by atoms with E-state index in [1.807, 2.05) is 26.2 Å². The van der Waals surface area contributed by atoms with Gasteiger partial charge in [-0.05, 0) is 63.3 Å². The fourth-order valence-corrected chi connectivity index (χ4v) is 7.35. The summed E-state index contributed by atoms with van der Waals surface area (Å²) in [7, 11) is 5.43. The highest BCUT2D eigenvalue weighted by atomic mass is 35.5. The third kappa shape index (κ3) is 6.22. The molecule has 0 aliphatic carbocycles. The summed E-state index contributed by atoms with van der Waals surface area (Å²) in [5.41, 5.74) is 1.48. The maximum Gasteiger partial charge on any atom is 0.291 e. The van der Waals surface area contributed by atoms with Crippen LogP contribution in [0.5, 0.6) is 23.5 Å². The standard InChI is InChI=1S/C26H34ClN5O5Si/c1-32(2)12-7-11-28-26-30-24(34-3)22(25(31-26)35-4)29-23(33)18-8-9-21(36-18)37-19-15-20-16(14-17(19)27)10-13-38(20,5)6/h8-9,14-15H,7,10-13H2,1-6H3,(H,29,33)(H,28,30,31). The van der Waals surface area contributed by atoms with Gasteiger partial charge in [0.1, 0.15) is 5.75 Å². The molecule has 2 aromatic heterocycles. The van der Waals surface area contributed by atoms with E-state index in [0.29, 0.717) is 23.3 Å². The molecule has 0 fully saturated rings. The van der Waals surface area contributed by atoms with Crippen molar-refractivity contribution in [2.24, 2.45) is 0 Å². The fourth-order valence-electron chi connectivity index (χ4n) is 4.37. The van der Waals surface area contributed by atoms with Crippen molar-refractivity contribution in [1.29, 1.82) is 0 Å². The van der Waals surface area contributed by atoms with E-state index in [1.54, 1.807) is 6.07 Å². The Morgan fingerprint density at radius 3 is 2.53 bits per heavy atom. The molecule has 0 bridgehead atoms. The molecule has 204 valence electrons.